The monoisotopic (exact) mass is 475 g/mol. The largest absolute Gasteiger partial charge is 0.351 e. The predicted octanol–water partition coefficient (Wildman–Crippen LogP) is 4.62. The summed E-state index contributed by atoms with van der Waals surface area (Å²) in [7, 11) is 0. The molecule has 2 fully saturated rings. The van der Waals surface area contributed by atoms with Crippen LogP contribution in [0.3, 0.4) is 0 Å². The fraction of sp³-hybridized carbons (Fsp3) is 0.407. The molecule has 0 spiro atoms. The van der Waals surface area contributed by atoms with Crippen molar-refractivity contribution in [3.05, 3.63) is 65.0 Å². The van der Waals surface area contributed by atoms with Crippen LogP contribution in [0.25, 0.3) is 22.4 Å². The molecular weight excluding hydrogens is 445 g/mol. The number of pyridine rings is 1. The Morgan fingerprint density at radius 2 is 1.80 bits per heavy atom. The summed E-state index contributed by atoms with van der Waals surface area (Å²) in [5.41, 5.74) is 1.76. The van der Waals surface area contributed by atoms with E-state index in [-0.39, 0.29) is 23.2 Å². The minimum Gasteiger partial charge on any atom is -0.351 e. The number of aromatic amines is 1. The number of carbonyl (C=O) groups excluding carboxylic acids is 1. The van der Waals surface area contributed by atoms with Crippen molar-refractivity contribution < 1.29 is 9.18 Å². The molecule has 1 aliphatic carbocycles. The summed E-state index contributed by atoms with van der Waals surface area (Å²) in [4.78, 5) is 38.3. The molecule has 1 aromatic carbocycles. The topological polar surface area (TPSA) is 91.0 Å². The SMILES string of the molecule is O=C(C1CCC(Nc2ncc(F)c(-c3cccc(-c4ccc[nH]c4=O)c3)n2)CC1)N1CCCCC1. The van der Waals surface area contributed by atoms with Crippen LogP contribution >= 0.6 is 0 Å². The molecule has 1 saturated heterocycles. The highest BCUT2D eigenvalue weighted by Crippen LogP contribution is 2.30. The lowest BCUT2D eigenvalue weighted by molar-refractivity contribution is -0.137. The zero-order valence-corrected chi connectivity index (χ0v) is 19.7. The van der Waals surface area contributed by atoms with Crippen molar-refractivity contribution in [2.24, 2.45) is 5.92 Å². The van der Waals surface area contributed by atoms with E-state index in [0.29, 0.717) is 28.5 Å². The van der Waals surface area contributed by atoms with E-state index in [9.17, 15) is 14.0 Å². The molecule has 1 amide bonds. The molecule has 0 bridgehead atoms. The van der Waals surface area contributed by atoms with E-state index < -0.39 is 5.82 Å². The second kappa shape index (κ2) is 10.4. The minimum atomic E-state index is -0.523. The Labute approximate surface area is 203 Å². The Kier molecular flexibility index (Phi) is 6.88. The molecule has 1 saturated carbocycles. The zero-order valence-electron chi connectivity index (χ0n) is 19.7. The summed E-state index contributed by atoms with van der Waals surface area (Å²) in [6, 6.07) is 10.8. The highest BCUT2D eigenvalue weighted by atomic mass is 19.1. The first-order valence-corrected chi connectivity index (χ1v) is 12.4. The molecule has 0 radical (unpaired) electrons. The first kappa shape index (κ1) is 23.2. The van der Waals surface area contributed by atoms with Crippen LogP contribution in [0.5, 0.6) is 0 Å². The normalized spacial score (nSPS) is 20.4. The Morgan fingerprint density at radius 3 is 2.57 bits per heavy atom. The van der Waals surface area contributed by atoms with E-state index in [4.69, 9.17) is 0 Å². The molecule has 7 nitrogen and oxygen atoms in total. The number of halogens is 1. The molecule has 5 rings (SSSR count). The van der Waals surface area contributed by atoms with Gasteiger partial charge in [-0.15, -0.1) is 0 Å². The van der Waals surface area contributed by atoms with Crippen LogP contribution in [-0.2, 0) is 4.79 Å². The number of aromatic nitrogens is 3. The second-order valence-electron chi connectivity index (χ2n) is 9.46. The van der Waals surface area contributed by atoms with E-state index >= 15 is 0 Å². The highest BCUT2D eigenvalue weighted by molar-refractivity contribution is 5.79. The first-order chi connectivity index (χ1) is 17.1. The van der Waals surface area contributed by atoms with Crippen molar-refractivity contribution in [1.29, 1.82) is 0 Å². The molecule has 3 aromatic rings. The Hall–Kier alpha value is -3.55. The average molecular weight is 476 g/mol. The van der Waals surface area contributed by atoms with E-state index in [1.54, 1.807) is 36.5 Å². The van der Waals surface area contributed by atoms with E-state index in [1.165, 1.54) is 12.6 Å². The van der Waals surface area contributed by atoms with Gasteiger partial charge in [-0.3, -0.25) is 9.59 Å². The van der Waals surface area contributed by atoms with E-state index in [1.807, 2.05) is 11.0 Å². The van der Waals surface area contributed by atoms with Gasteiger partial charge in [0, 0.05) is 42.4 Å². The Morgan fingerprint density at radius 1 is 1.03 bits per heavy atom. The van der Waals surface area contributed by atoms with Crippen LogP contribution in [0.1, 0.15) is 44.9 Å². The number of carbonyl (C=O) groups is 1. The minimum absolute atomic E-state index is 0.0970. The van der Waals surface area contributed by atoms with Gasteiger partial charge in [0.2, 0.25) is 11.9 Å². The lowest BCUT2D eigenvalue weighted by Gasteiger charge is -2.34. The summed E-state index contributed by atoms with van der Waals surface area (Å²) in [5.74, 6) is 0.251. The van der Waals surface area contributed by atoms with E-state index in [0.717, 1.165) is 51.6 Å². The Balaban J connectivity index is 1.27. The Bertz CT molecular complexity index is 1250. The van der Waals surface area contributed by atoms with Gasteiger partial charge in [0.1, 0.15) is 5.69 Å². The molecule has 3 heterocycles. The number of rotatable bonds is 5. The van der Waals surface area contributed by atoms with Gasteiger partial charge in [0.25, 0.3) is 5.56 Å². The van der Waals surface area contributed by atoms with Crippen LogP contribution < -0.4 is 10.9 Å². The maximum atomic E-state index is 14.7. The number of nitrogens with one attached hydrogen (secondary N) is 2. The summed E-state index contributed by atoms with van der Waals surface area (Å²) >= 11 is 0. The third-order valence-corrected chi connectivity index (χ3v) is 7.09. The fourth-order valence-electron chi connectivity index (χ4n) is 5.16. The van der Waals surface area contributed by atoms with Crippen molar-refractivity contribution in [2.75, 3.05) is 18.4 Å². The standard InChI is InChI=1S/C27H30FN5O2/c28-23-17-30-27(31-21-11-9-18(10-12-21)26(35)33-14-2-1-3-15-33)32-24(23)20-7-4-6-19(16-20)22-8-5-13-29-25(22)34/h4-8,13,16-18,21H,1-3,9-12,14-15H2,(H,29,34)(H,30,31,32). The van der Waals surface area contributed by atoms with Crippen LogP contribution in [-0.4, -0.2) is 44.9 Å². The van der Waals surface area contributed by atoms with Gasteiger partial charge in [-0.25, -0.2) is 14.4 Å². The van der Waals surface area contributed by atoms with Gasteiger partial charge in [-0.1, -0.05) is 18.2 Å². The van der Waals surface area contributed by atoms with Crippen molar-refractivity contribution in [3.63, 3.8) is 0 Å². The van der Waals surface area contributed by atoms with Crippen LogP contribution in [0.15, 0.2) is 53.6 Å². The maximum absolute atomic E-state index is 14.7. The number of nitrogens with zero attached hydrogens (tertiary/aromatic N) is 3. The van der Waals surface area contributed by atoms with Crippen molar-refractivity contribution in [3.8, 4) is 22.4 Å². The third kappa shape index (κ3) is 5.26. The molecule has 2 N–H and O–H groups in total. The number of anilines is 1. The molecular formula is C27H30FN5O2. The summed E-state index contributed by atoms with van der Waals surface area (Å²) < 4.78 is 14.7. The van der Waals surface area contributed by atoms with E-state index in [2.05, 4.69) is 20.3 Å². The maximum Gasteiger partial charge on any atom is 0.255 e. The van der Waals surface area contributed by atoms with Gasteiger partial charge >= 0.3 is 0 Å². The van der Waals surface area contributed by atoms with Gasteiger partial charge < -0.3 is 15.2 Å². The van der Waals surface area contributed by atoms with Crippen molar-refractivity contribution >= 4 is 11.9 Å². The van der Waals surface area contributed by atoms with Crippen LogP contribution in [0.4, 0.5) is 10.3 Å². The summed E-state index contributed by atoms with van der Waals surface area (Å²) in [5, 5.41) is 3.34. The molecule has 0 unspecified atom stereocenters. The van der Waals surface area contributed by atoms with Gasteiger partial charge in [0.15, 0.2) is 5.82 Å². The lowest BCUT2D eigenvalue weighted by Crippen LogP contribution is -2.41. The molecule has 1 aliphatic heterocycles. The lowest BCUT2D eigenvalue weighted by atomic mass is 9.85. The van der Waals surface area contributed by atoms with Crippen LogP contribution in [0, 0.1) is 11.7 Å². The second-order valence-corrected chi connectivity index (χ2v) is 9.46. The zero-order chi connectivity index (χ0) is 24.2. The number of hydrogen-bond donors (Lipinski definition) is 2. The van der Waals surface area contributed by atoms with Crippen LogP contribution in [0.2, 0.25) is 0 Å². The van der Waals surface area contributed by atoms with Gasteiger partial charge in [0.05, 0.1) is 6.20 Å². The molecule has 2 aromatic heterocycles. The molecule has 0 atom stereocenters. The number of benzene rings is 1. The number of hydrogen-bond acceptors (Lipinski definition) is 5. The molecule has 182 valence electrons. The van der Waals surface area contributed by atoms with Gasteiger partial charge in [-0.05, 0) is 68.7 Å². The van der Waals surface area contributed by atoms with Crippen molar-refractivity contribution in [2.45, 2.75) is 51.0 Å². The smallest absolute Gasteiger partial charge is 0.255 e. The number of H-pyrrole nitrogens is 1. The first-order valence-electron chi connectivity index (χ1n) is 12.4. The molecule has 8 heteroatoms. The summed E-state index contributed by atoms with van der Waals surface area (Å²) in [6.45, 7) is 1.78. The average Bonchev–Trinajstić information content (AvgIpc) is 2.91. The summed E-state index contributed by atoms with van der Waals surface area (Å²) in [6.07, 6.45) is 9.58. The third-order valence-electron chi connectivity index (χ3n) is 7.09. The highest BCUT2D eigenvalue weighted by Gasteiger charge is 2.30. The number of amides is 1. The predicted molar refractivity (Wildman–Crippen MR) is 133 cm³/mol. The fourth-order valence-corrected chi connectivity index (χ4v) is 5.16. The molecule has 2 aliphatic rings. The van der Waals surface area contributed by atoms with Gasteiger partial charge in [-0.2, -0.15) is 0 Å². The molecule has 35 heavy (non-hydrogen) atoms. The quantitative estimate of drug-likeness (QED) is 0.562. The number of likely N-dealkylation sites (tertiary alicyclic amines) is 1. The van der Waals surface area contributed by atoms with Crippen molar-refractivity contribution in [1.82, 2.24) is 19.9 Å². The number of piperidine rings is 1.